The molecule has 2 aromatic carbocycles. The number of alkyl halides is 3. The molecule has 2 aromatic rings. The van der Waals surface area contributed by atoms with Crippen molar-refractivity contribution in [2.24, 2.45) is 0 Å². The molecule has 1 amide bonds. The molecule has 0 unspecified atom stereocenters. The summed E-state index contributed by atoms with van der Waals surface area (Å²) in [6.07, 6.45) is -5.06. The fourth-order valence-corrected chi connectivity index (χ4v) is 3.12. The largest absolute Gasteiger partial charge is 0.573 e. The molecule has 6 nitrogen and oxygen atoms in total. The minimum absolute atomic E-state index is 0.137. The van der Waals surface area contributed by atoms with Crippen molar-refractivity contribution >= 4 is 11.6 Å². The van der Waals surface area contributed by atoms with Crippen LogP contribution in [0.2, 0.25) is 0 Å². The summed E-state index contributed by atoms with van der Waals surface area (Å²) < 4.78 is 51.9. The average molecular weight is 439 g/mol. The molecule has 3 rings (SSSR count). The number of amides is 1. The summed E-state index contributed by atoms with van der Waals surface area (Å²) in [5.74, 6) is 0.300. The molecule has 0 aliphatic carbocycles. The molecule has 0 radical (unpaired) electrons. The van der Waals surface area contributed by atoms with Crippen LogP contribution in [-0.4, -0.2) is 42.2 Å². The maximum absolute atomic E-state index is 12.8. The van der Waals surface area contributed by atoms with Gasteiger partial charge in [0.2, 0.25) is 0 Å². The van der Waals surface area contributed by atoms with Crippen LogP contribution in [0.3, 0.4) is 0 Å². The van der Waals surface area contributed by atoms with Gasteiger partial charge in [-0.15, -0.1) is 13.2 Å². The highest BCUT2D eigenvalue weighted by Crippen LogP contribution is 2.30. The number of carbonyl (C=O) groups excluding carboxylic acids is 1. The Morgan fingerprint density at radius 1 is 1.10 bits per heavy atom. The van der Waals surface area contributed by atoms with Gasteiger partial charge in [-0.3, -0.25) is 4.79 Å². The maximum Gasteiger partial charge on any atom is 0.573 e. The van der Waals surface area contributed by atoms with Crippen molar-refractivity contribution < 1.29 is 37.3 Å². The molecule has 1 heterocycles. The fourth-order valence-electron chi connectivity index (χ4n) is 3.12. The molecule has 1 N–H and O–H groups in total. The highest BCUT2D eigenvalue weighted by atomic mass is 19.4. The molecular weight excluding hydrogens is 415 g/mol. The van der Waals surface area contributed by atoms with Gasteiger partial charge < -0.3 is 24.2 Å². The zero-order chi connectivity index (χ0) is 22.8. The number of benzene rings is 2. The monoisotopic (exact) mass is 439 g/mol. The topological polar surface area (TPSA) is 68.2 Å². The summed E-state index contributed by atoms with van der Waals surface area (Å²) in [6, 6.07) is 10.3. The first-order chi connectivity index (χ1) is 14.4. The number of rotatable bonds is 7. The Labute approximate surface area is 178 Å². The van der Waals surface area contributed by atoms with Gasteiger partial charge in [0, 0.05) is 18.7 Å². The van der Waals surface area contributed by atoms with Gasteiger partial charge >= 0.3 is 6.36 Å². The van der Waals surface area contributed by atoms with Crippen molar-refractivity contribution in [1.29, 1.82) is 0 Å². The molecule has 31 heavy (non-hydrogen) atoms. The van der Waals surface area contributed by atoms with Crippen LogP contribution in [0.5, 0.6) is 17.2 Å². The average Bonchev–Trinajstić information content (AvgIpc) is 3.01. The van der Waals surface area contributed by atoms with Crippen LogP contribution in [0.1, 0.15) is 25.8 Å². The Morgan fingerprint density at radius 3 is 2.32 bits per heavy atom. The number of halogens is 3. The van der Waals surface area contributed by atoms with Crippen LogP contribution >= 0.6 is 0 Å². The summed E-state index contributed by atoms with van der Waals surface area (Å²) >= 11 is 0. The van der Waals surface area contributed by atoms with Gasteiger partial charge in [0.25, 0.3) is 5.91 Å². The van der Waals surface area contributed by atoms with Crippen molar-refractivity contribution in [3.05, 3.63) is 48.0 Å². The first-order valence-corrected chi connectivity index (χ1v) is 9.71. The van der Waals surface area contributed by atoms with Crippen molar-refractivity contribution in [1.82, 2.24) is 0 Å². The summed E-state index contributed by atoms with van der Waals surface area (Å²) in [6.45, 7) is 5.73. The number of aryl methyl sites for hydroxylation is 1. The van der Waals surface area contributed by atoms with Crippen LogP contribution in [0.25, 0.3) is 0 Å². The molecule has 1 saturated heterocycles. The minimum Gasteiger partial charge on any atom is -0.490 e. The van der Waals surface area contributed by atoms with Crippen LogP contribution in [-0.2, 0) is 4.79 Å². The third kappa shape index (κ3) is 6.27. The summed E-state index contributed by atoms with van der Waals surface area (Å²) in [5.41, 5.74) is 0.551. The number of carbonyl (C=O) groups is 1. The lowest BCUT2D eigenvalue weighted by molar-refractivity contribution is -0.274. The van der Waals surface area contributed by atoms with Crippen molar-refractivity contribution in [3.8, 4) is 17.2 Å². The van der Waals surface area contributed by atoms with Gasteiger partial charge in [-0.05, 0) is 68.8 Å². The number of anilines is 1. The predicted molar refractivity (Wildman–Crippen MR) is 107 cm³/mol. The van der Waals surface area contributed by atoms with Gasteiger partial charge in [-0.2, -0.15) is 0 Å². The van der Waals surface area contributed by atoms with Crippen LogP contribution in [0.15, 0.2) is 42.5 Å². The molecule has 0 aromatic heterocycles. The number of hydrogen-bond donors (Lipinski definition) is 1. The molecule has 168 valence electrons. The first-order valence-electron chi connectivity index (χ1n) is 9.71. The van der Waals surface area contributed by atoms with Gasteiger partial charge in [0.1, 0.15) is 23.9 Å². The van der Waals surface area contributed by atoms with Crippen LogP contribution in [0.4, 0.5) is 18.9 Å². The summed E-state index contributed by atoms with van der Waals surface area (Å²) in [7, 11) is 0. The van der Waals surface area contributed by atoms with E-state index in [9.17, 15) is 23.1 Å². The molecule has 0 bridgehead atoms. The summed E-state index contributed by atoms with van der Waals surface area (Å²) in [4.78, 5) is 14.4. The second-order valence-corrected chi connectivity index (χ2v) is 7.96. The van der Waals surface area contributed by atoms with Gasteiger partial charge in [-0.25, -0.2) is 0 Å². The van der Waals surface area contributed by atoms with Gasteiger partial charge in [0.05, 0.1) is 5.60 Å². The Kier molecular flexibility index (Phi) is 6.35. The third-order valence-electron chi connectivity index (χ3n) is 4.54. The zero-order valence-corrected chi connectivity index (χ0v) is 17.4. The minimum atomic E-state index is -4.77. The van der Waals surface area contributed by atoms with Crippen molar-refractivity contribution in [3.63, 3.8) is 0 Å². The molecule has 0 saturated carbocycles. The van der Waals surface area contributed by atoms with E-state index < -0.39 is 18.1 Å². The summed E-state index contributed by atoms with van der Waals surface area (Å²) in [5, 5.41) is 9.80. The number of hydrogen-bond acceptors (Lipinski definition) is 5. The standard InChI is InChI=1S/C22H24F3NO5/c1-14-12-15(4-9-18(14)29-13-21(2,3)28)26-11-10-19(20(26)27)30-16-5-7-17(8-6-16)31-22(23,24)25/h4-9,12,19,28H,10-11,13H2,1-3H3/t19-/m0/s1. The molecule has 1 fully saturated rings. The third-order valence-corrected chi connectivity index (χ3v) is 4.54. The lowest BCUT2D eigenvalue weighted by Gasteiger charge is -2.21. The van der Waals surface area contributed by atoms with E-state index in [-0.39, 0.29) is 24.0 Å². The lowest BCUT2D eigenvalue weighted by Crippen LogP contribution is -2.32. The van der Waals surface area contributed by atoms with E-state index in [1.807, 2.05) is 13.0 Å². The SMILES string of the molecule is Cc1cc(N2CC[C@H](Oc3ccc(OC(F)(F)F)cc3)C2=O)ccc1OCC(C)(C)O. The Hall–Kier alpha value is -2.94. The Morgan fingerprint density at radius 2 is 1.74 bits per heavy atom. The molecular formula is C22H24F3NO5. The van der Waals surface area contributed by atoms with E-state index in [0.717, 1.165) is 17.7 Å². The van der Waals surface area contributed by atoms with Gasteiger partial charge in [-0.1, -0.05) is 0 Å². The van der Waals surface area contributed by atoms with Crippen LogP contribution < -0.4 is 19.1 Å². The maximum atomic E-state index is 12.8. The molecule has 1 aliphatic rings. The zero-order valence-electron chi connectivity index (χ0n) is 17.4. The Balaban J connectivity index is 1.62. The van der Waals surface area contributed by atoms with E-state index in [0.29, 0.717) is 24.4 Å². The normalized spacial score (nSPS) is 17.1. The highest BCUT2D eigenvalue weighted by molar-refractivity contribution is 5.99. The Bertz CT molecular complexity index is 922. The number of aliphatic hydroxyl groups is 1. The second kappa shape index (κ2) is 8.66. The predicted octanol–water partition coefficient (Wildman–Crippen LogP) is 4.23. The molecule has 1 atom stereocenters. The quantitative estimate of drug-likeness (QED) is 0.700. The van der Waals surface area contributed by atoms with E-state index in [1.54, 1.807) is 30.9 Å². The first kappa shape index (κ1) is 22.7. The smallest absolute Gasteiger partial charge is 0.490 e. The molecule has 9 heteroatoms. The van der Waals surface area contributed by atoms with E-state index in [2.05, 4.69) is 4.74 Å². The van der Waals surface area contributed by atoms with Gasteiger partial charge in [0.15, 0.2) is 6.10 Å². The van der Waals surface area contributed by atoms with E-state index in [1.165, 1.54) is 12.1 Å². The lowest BCUT2D eigenvalue weighted by atomic mass is 10.1. The molecule has 0 spiro atoms. The van der Waals surface area contributed by atoms with Crippen molar-refractivity contribution in [2.45, 2.75) is 45.3 Å². The number of nitrogens with zero attached hydrogens (tertiary/aromatic N) is 1. The number of ether oxygens (including phenoxy) is 3. The second-order valence-electron chi connectivity index (χ2n) is 7.96. The fraction of sp³-hybridized carbons (Fsp3) is 0.409. The molecule has 1 aliphatic heterocycles. The van der Waals surface area contributed by atoms with E-state index in [4.69, 9.17) is 9.47 Å². The highest BCUT2D eigenvalue weighted by Gasteiger charge is 2.35. The van der Waals surface area contributed by atoms with Crippen LogP contribution in [0, 0.1) is 6.92 Å². The van der Waals surface area contributed by atoms with Crippen molar-refractivity contribution in [2.75, 3.05) is 18.1 Å². The van der Waals surface area contributed by atoms with E-state index >= 15 is 0 Å².